The van der Waals surface area contributed by atoms with Crippen LogP contribution < -0.4 is 4.74 Å². The number of amides is 1. The Bertz CT molecular complexity index is 962. The van der Waals surface area contributed by atoms with Crippen molar-refractivity contribution in [3.63, 3.8) is 0 Å². The Kier molecular flexibility index (Phi) is 8.52. The predicted octanol–water partition coefficient (Wildman–Crippen LogP) is 5.94. The third kappa shape index (κ3) is 6.27. The predicted molar refractivity (Wildman–Crippen MR) is 121 cm³/mol. The first-order valence-corrected chi connectivity index (χ1v) is 11.4. The first kappa shape index (κ1) is 25.5. The van der Waals surface area contributed by atoms with Gasteiger partial charge in [-0.3, -0.25) is 14.9 Å². The zero-order valence-corrected chi connectivity index (χ0v) is 19.0. The van der Waals surface area contributed by atoms with Gasteiger partial charge in [0.25, 0.3) is 0 Å². The van der Waals surface area contributed by atoms with Crippen molar-refractivity contribution in [2.24, 2.45) is 5.92 Å². The van der Waals surface area contributed by atoms with Gasteiger partial charge in [0.15, 0.2) is 0 Å². The van der Waals surface area contributed by atoms with Crippen LogP contribution in [0.25, 0.3) is 0 Å². The number of hydrogen-bond acceptors (Lipinski definition) is 4. The van der Waals surface area contributed by atoms with E-state index in [9.17, 15) is 28.1 Å². The number of ether oxygens (including phenoxy) is 1. The van der Waals surface area contributed by atoms with E-state index < -0.39 is 35.6 Å². The molecule has 0 heterocycles. The Hall–Kier alpha value is -3.10. The number of hydrogen-bond donors (Lipinski definition) is 0. The van der Waals surface area contributed by atoms with Crippen molar-refractivity contribution in [1.82, 2.24) is 4.90 Å². The van der Waals surface area contributed by atoms with Crippen LogP contribution >= 0.6 is 0 Å². The molecule has 1 aliphatic carbocycles. The molecule has 1 fully saturated rings. The van der Waals surface area contributed by atoms with Gasteiger partial charge in [0.05, 0.1) is 13.7 Å². The van der Waals surface area contributed by atoms with E-state index in [2.05, 4.69) is 0 Å². The van der Waals surface area contributed by atoms with E-state index in [-0.39, 0.29) is 12.3 Å². The summed E-state index contributed by atoms with van der Waals surface area (Å²) >= 11 is 0. The van der Waals surface area contributed by atoms with Crippen LogP contribution in [0.1, 0.15) is 55.7 Å². The molecule has 0 bridgehead atoms. The SMILES string of the molecule is COc1ccccc1CN(C(=O)C(F)(F)F)[C@@H](c1ccccc1)[C@@H](CC1CCCCC1)[N+](=O)[O-]. The Morgan fingerprint density at radius 1 is 1.09 bits per heavy atom. The first-order valence-electron chi connectivity index (χ1n) is 11.4. The van der Waals surface area contributed by atoms with Crippen molar-refractivity contribution >= 4 is 5.91 Å². The maximum absolute atomic E-state index is 13.8. The van der Waals surface area contributed by atoms with Crippen LogP contribution in [0.2, 0.25) is 0 Å². The lowest BCUT2D eigenvalue weighted by molar-refractivity contribution is -0.534. The lowest BCUT2D eigenvalue weighted by atomic mass is 9.82. The normalized spacial score (nSPS) is 16.5. The summed E-state index contributed by atoms with van der Waals surface area (Å²) < 4.78 is 46.6. The first-order chi connectivity index (χ1) is 16.2. The number of benzene rings is 2. The second-order valence-electron chi connectivity index (χ2n) is 8.69. The Morgan fingerprint density at radius 2 is 1.71 bits per heavy atom. The molecule has 0 aliphatic heterocycles. The number of halogens is 3. The van der Waals surface area contributed by atoms with E-state index in [0.717, 1.165) is 32.1 Å². The van der Waals surface area contributed by atoms with Gasteiger partial charge in [-0.25, -0.2) is 0 Å². The maximum atomic E-state index is 13.8. The highest BCUT2D eigenvalue weighted by atomic mass is 19.4. The van der Waals surface area contributed by atoms with Crippen molar-refractivity contribution in [2.45, 2.75) is 63.3 Å². The quantitative estimate of drug-likeness (QED) is 0.330. The number of rotatable bonds is 9. The Morgan fingerprint density at radius 3 is 2.29 bits per heavy atom. The summed E-state index contributed by atoms with van der Waals surface area (Å²) in [5.41, 5.74) is 0.635. The molecule has 0 saturated heterocycles. The Balaban J connectivity index is 2.10. The monoisotopic (exact) mass is 478 g/mol. The van der Waals surface area contributed by atoms with Crippen LogP contribution in [0.3, 0.4) is 0 Å². The van der Waals surface area contributed by atoms with Gasteiger partial charge >= 0.3 is 12.1 Å². The summed E-state index contributed by atoms with van der Waals surface area (Å²) in [4.78, 5) is 25.1. The van der Waals surface area contributed by atoms with Crippen LogP contribution in [-0.4, -0.2) is 35.1 Å². The molecule has 34 heavy (non-hydrogen) atoms. The van der Waals surface area contributed by atoms with Crippen LogP contribution in [0.4, 0.5) is 13.2 Å². The van der Waals surface area contributed by atoms with Gasteiger partial charge in [-0.15, -0.1) is 0 Å². The fourth-order valence-electron chi connectivity index (χ4n) is 4.83. The molecule has 0 spiro atoms. The van der Waals surface area contributed by atoms with Crippen LogP contribution in [0, 0.1) is 16.0 Å². The molecule has 3 rings (SSSR count). The van der Waals surface area contributed by atoms with Crippen molar-refractivity contribution in [3.05, 3.63) is 75.8 Å². The summed E-state index contributed by atoms with van der Waals surface area (Å²) in [7, 11) is 1.38. The highest BCUT2D eigenvalue weighted by Gasteiger charge is 2.49. The average Bonchev–Trinajstić information content (AvgIpc) is 2.83. The number of alkyl halides is 3. The lowest BCUT2D eigenvalue weighted by Crippen LogP contribution is -2.48. The number of methoxy groups -OCH3 is 1. The minimum Gasteiger partial charge on any atom is -0.496 e. The van der Waals surface area contributed by atoms with Crippen LogP contribution in [-0.2, 0) is 11.3 Å². The summed E-state index contributed by atoms with van der Waals surface area (Å²) in [5, 5.41) is 12.3. The average molecular weight is 479 g/mol. The molecule has 2 aromatic rings. The van der Waals surface area contributed by atoms with Crippen molar-refractivity contribution in [2.75, 3.05) is 7.11 Å². The number of carbonyl (C=O) groups is 1. The molecular weight excluding hydrogens is 449 g/mol. The Labute approximate surface area is 196 Å². The zero-order valence-electron chi connectivity index (χ0n) is 19.0. The number of carbonyl (C=O) groups excluding carboxylic acids is 1. The van der Waals surface area contributed by atoms with E-state index >= 15 is 0 Å². The number of nitro groups is 1. The van der Waals surface area contributed by atoms with Gasteiger partial charge in [-0.1, -0.05) is 80.6 Å². The molecule has 9 heteroatoms. The summed E-state index contributed by atoms with van der Waals surface area (Å²) in [6.45, 7) is -0.475. The van der Waals surface area contributed by atoms with E-state index in [4.69, 9.17) is 4.74 Å². The second-order valence-corrected chi connectivity index (χ2v) is 8.69. The largest absolute Gasteiger partial charge is 0.496 e. The topological polar surface area (TPSA) is 72.7 Å². The molecule has 0 radical (unpaired) electrons. The molecule has 1 saturated carbocycles. The number of nitrogens with zero attached hydrogens (tertiary/aromatic N) is 2. The fourth-order valence-corrected chi connectivity index (χ4v) is 4.83. The molecule has 6 nitrogen and oxygen atoms in total. The van der Waals surface area contributed by atoms with Crippen molar-refractivity contribution < 1.29 is 27.6 Å². The highest BCUT2D eigenvalue weighted by Crippen LogP contribution is 2.38. The third-order valence-electron chi connectivity index (χ3n) is 6.45. The summed E-state index contributed by atoms with van der Waals surface area (Å²) in [6.07, 6.45) is -0.554. The van der Waals surface area contributed by atoms with Crippen molar-refractivity contribution in [1.29, 1.82) is 0 Å². The molecule has 2 aromatic carbocycles. The third-order valence-corrected chi connectivity index (χ3v) is 6.45. The van der Waals surface area contributed by atoms with E-state index in [1.54, 1.807) is 54.6 Å². The molecule has 1 amide bonds. The lowest BCUT2D eigenvalue weighted by Gasteiger charge is -2.36. The molecule has 184 valence electrons. The van der Waals surface area contributed by atoms with Gasteiger partial charge in [-0.05, 0) is 17.5 Å². The molecule has 0 aromatic heterocycles. The fraction of sp³-hybridized carbons (Fsp3) is 0.480. The van der Waals surface area contributed by atoms with Crippen molar-refractivity contribution in [3.8, 4) is 5.75 Å². The molecule has 1 aliphatic rings. The standard InChI is InChI=1S/C25H29F3N2O4/c1-34-22-15-9-8-14-20(22)17-29(24(31)25(26,27)28)23(19-12-6-3-7-13-19)21(30(32)33)16-18-10-4-2-5-11-18/h3,6-9,12-15,18,21,23H,2,4-5,10-11,16-17H2,1H3/t21-,23+/m1/s1. The maximum Gasteiger partial charge on any atom is 0.471 e. The molecule has 0 N–H and O–H groups in total. The van der Waals surface area contributed by atoms with Gasteiger partial charge in [0.1, 0.15) is 11.8 Å². The van der Waals surface area contributed by atoms with Crippen LogP contribution in [0.5, 0.6) is 5.75 Å². The van der Waals surface area contributed by atoms with Gasteiger partial charge in [-0.2, -0.15) is 13.2 Å². The smallest absolute Gasteiger partial charge is 0.471 e. The van der Waals surface area contributed by atoms with E-state index in [0.29, 0.717) is 21.8 Å². The van der Waals surface area contributed by atoms with Gasteiger partial charge < -0.3 is 9.64 Å². The molecule has 2 atom stereocenters. The highest BCUT2D eigenvalue weighted by molar-refractivity contribution is 5.82. The van der Waals surface area contributed by atoms with E-state index in [1.807, 2.05) is 0 Å². The summed E-state index contributed by atoms with van der Waals surface area (Å²) in [5.74, 6) is -1.77. The minimum absolute atomic E-state index is 0.0319. The second kappa shape index (κ2) is 11.4. The number of para-hydroxylation sites is 1. The zero-order chi connectivity index (χ0) is 24.7. The summed E-state index contributed by atoms with van der Waals surface area (Å²) in [6, 6.07) is 11.6. The molecule has 0 unspecified atom stereocenters. The molecular formula is C25H29F3N2O4. The van der Waals surface area contributed by atoms with E-state index in [1.165, 1.54) is 7.11 Å². The minimum atomic E-state index is -5.19. The van der Waals surface area contributed by atoms with Gasteiger partial charge in [0.2, 0.25) is 6.04 Å². The van der Waals surface area contributed by atoms with Crippen LogP contribution in [0.15, 0.2) is 54.6 Å². The van der Waals surface area contributed by atoms with Gasteiger partial charge in [0, 0.05) is 16.9 Å².